The number of halogens is 1. The third-order valence-corrected chi connectivity index (χ3v) is 4.48. The minimum Gasteiger partial charge on any atom is -0.502 e. The summed E-state index contributed by atoms with van der Waals surface area (Å²) in [6, 6.07) is 11.1. The Hall–Kier alpha value is -2.85. The van der Waals surface area contributed by atoms with E-state index in [2.05, 4.69) is 37.8 Å². The fraction of sp³-hybridized carbons (Fsp3) is 0.318. The largest absolute Gasteiger partial charge is 0.502 e. The zero-order chi connectivity index (χ0) is 20.8. The summed E-state index contributed by atoms with van der Waals surface area (Å²) in [5.41, 5.74) is 3.07. The third-order valence-electron chi connectivity index (χ3n) is 4.16. The lowest BCUT2D eigenvalue weighted by atomic mass is 10.0. The van der Waals surface area contributed by atoms with Crippen LogP contribution in [-0.4, -0.2) is 28.2 Å². The van der Waals surface area contributed by atoms with Gasteiger partial charge in [-0.25, -0.2) is 4.85 Å². The first kappa shape index (κ1) is 20.9. The van der Waals surface area contributed by atoms with Gasteiger partial charge >= 0.3 is 0 Å². The Bertz CT molecular complexity index is 1020. The van der Waals surface area contributed by atoms with E-state index in [0.717, 1.165) is 28.6 Å². The van der Waals surface area contributed by atoms with Gasteiger partial charge < -0.3 is 14.0 Å². The van der Waals surface area contributed by atoms with Gasteiger partial charge in [-0.1, -0.05) is 28.0 Å². The second-order valence-corrected chi connectivity index (χ2v) is 7.39. The summed E-state index contributed by atoms with van der Waals surface area (Å²) < 4.78 is 16.8. The van der Waals surface area contributed by atoms with Crippen LogP contribution in [0.5, 0.6) is 11.5 Å². The highest BCUT2D eigenvalue weighted by Crippen LogP contribution is 2.34. The fourth-order valence-corrected chi connectivity index (χ4v) is 3.03. The minimum atomic E-state index is -0.00898. The van der Waals surface area contributed by atoms with Gasteiger partial charge in [-0.3, -0.25) is 0 Å². The molecule has 6 nitrogen and oxygen atoms in total. The van der Waals surface area contributed by atoms with Crippen molar-refractivity contribution in [2.24, 2.45) is 0 Å². The summed E-state index contributed by atoms with van der Waals surface area (Å²) in [6.07, 6.45) is 0.804. The molecule has 0 radical (unpaired) electrons. The Morgan fingerprint density at radius 2 is 2.03 bits per heavy atom. The van der Waals surface area contributed by atoms with Crippen LogP contribution in [0.1, 0.15) is 26.3 Å². The number of benzene rings is 2. The lowest BCUT2D eigenvalue weighted by molar-refractivity contribution is 0.244. The maximum absolute atomic E-state index is 7.41. The van der Waals surface area contributed by atoms with Crippen LogP contribution in [0.15, 0.2) is 40.9 Å². The zero-order valence-corrected chi connectivity index (χ0v) is 18.2. The Balaban J connectivity index is 1.90. The average Bonchev–Trinajstić information content (AvgIpc) is 3.21. The Morgan fingerprint density at radius 1 is 1.21 bits per heavy atom. The van der Waals surface area contributed by atoms with Gasteiger partial charge in [-0.2, -0.15) is 4.98 Å². The van der Waals surface area contributed by atoms with Crippen LogP contribution < -0.4 is 9.47 Å². The molecule has 0 aliphatic rings. The molecule has 0 fully saturated rings. The predicted octanol–water partition coefficient (Wildman–Crippen LogP) is 6.08. The molecule has 3 aromatic rings. The van der Waals surface area contributed by atoms with Gasteiger partial charge in [0.15, 0.2) is 0 Å². The maximum atomic E-state index is 7.41. The average molecular weight is 456 g/mol. The molecule has 0 N–H and O–H groups in total. The number of hydrogen-bond acceptors (Lipinski definition) is 5. The van der Waals surface area contributed by atoms with Crippen molar-refractivity contribution in [1.82, 2.24) is 10.1 Å². The molecule has 1 aromatic heterocycles. The highest BCUT2D eigenvalue weighted by molar-refractivity contribution is 9.09. The van der Waals surface area contributed by atoms with Crippen LogP contribution in [0.2, 0.25) is 0 Å². The second-order valence-electron chi connectivity index (χ2n) is 6.59. The van der Waals surface area contributed by atoms with E-state index in [1.54, 1.807) is 12.1 Å². The monoisotopic (exact) mass is 455 g/mol. The number of alkyl halides is 1. The molecule has 0 saturated carbocycles. The van der Waals surface area contributed by atoms with E-state index in [9.17, 15) is 0 Å². The smallest absolute Gasteiger partial charge is 0.256 e. The van der Waals surface area contributed by atoms with Crippen molar-refractivity contribution in [3.63, 3.8) is 0 Å². The lowest BCUT2D eigenvalue weighted by Crippen LogP contribution is -2.05. The molecule has 7 heteroatoms. The van der Waals surface area contributed by atoms with Crippen molar-refractivity contribution in [2.75, 3.05) is 11.9 Å². The van der Waals surface area contributed by atoms with Crippen molar-refractivity contribution in [1.29, 1.82) is 0 Å². The van der Waals surface area contributed by atoms with Gasteiger partial charge in [0, 0.05) is 16.5 Å². The van der Waals surface area contributed by atoms with Crippen molar-refractivity contribution in [3.05, 3.63) is 53.4 Å². The molecular formula is C22H22BrN3O3. The SMILES string of the molecule is [C-]#[N+]c1cc(-c2nc(-c3ccc(OCCBr)cc3CC)no2)ccc1OC(C)C. The van der Waals surface area contributed by atoms with Crippen LogP contribution in [-0.2, 0) is 6.42 Å². The molecule has 0 aliphatic carbocycles. The van der Waals surface area contributed by atoms with E-state index in [1.807, 2.05) is 38.1 Å². The molecule has 0 atom stereocenters. The van der Waals surface area contributed by atoms with Crippen LogP contribution in [0.4, 0.5) is 5.69 Å². The third kappa shape index (κ3) is 4.96. The minimum absolute atomic E-state index is 0.00898. The topological polar surface area (TPSA) is 61.7 Å². The van der Waals surface area contributed by atoms with Gasteiger partial charge in [-0.15, -0.1) is 0 Å². The zero-order valence-electron chi connectivity index (χ0n) is 16.6. The molecule has 0 aliphatic heterocycles. The first-order chi connectivity index (χ1) is 14.0. The number of aromatic nitrogens is 2. The van der Waals surface area contributed by atoms with Crippen LogP contribution in [0.3, 0.4) is 0 Å². The van der Waals surface area contributed by atoms with Gasteiger partial charge in [0.25, 0.3) is 5.89 Å². The summed E-state index contributed by atoms with van der Waals surface area (Å²) in [4.78, 5) is 8.10. The molecule has 2 aromatic carbocycles. The molecule has 0 unspecified atom stereocenters. The van der Waals surface area contributed by atoms with Crippen molar-refractivity contribution in [2.45, 2.75) is 33.3 Å². The highest BCUT2D eigenvalue weighted by Gasteiger charge is 2.16. The van der Waals surface area contributed by atoms with Crippen LogP contribution in [0, 0.1) is 6.57 Å². The van der Waals surface area contributed by atoms with E-state index >= 15 is 0 Å². The van der Waals surface area contributed by atoms with Gasteiger partial charge in [0.2, 0.25) is 11.5 Å². The Labute approximate surface area is 178 Å². The number of aryl methyl sites for hydroxylation is 1. The number of nitrogens with zero attached hydrogens (tertiary/aromatic N) is 3. The highest BCUT2D eigenvalue weighted by atomic mass is 79.9. The van der Waals surface area contributed by atoms with E-state index < -0.39 is 0 Å². The summed E-state index contributed by atoms with van der Waals surface area (Å²) >= 11 is 3.36. The maximum Gasteiger partial charge on any atom is 0.256 e. The molecule has 29 heavy (non-hydrogen) atoms. The van der Waals surface area contributed by atoms with E-state index in [4.69, 9.17) is 20.6 Å². The van der Waals surface area contributed by atoms with Gasteiger partial charge in [0.05, 0.1) is 19.3 Å². The van der Waals surface area contributed by atoms with E-state index in [1.165, 1.54) is 0 Å². The summed E-state index contributed by atoms with van der Waals surface area (Å²) in [5, 5.41) is 4.92. The molecule has 150 valence electrons. The van der Waals surface area contributed by atoms with E-state index in [-0.39, 0.29) is 6.10 Å². The molecule has 0 bridgehead atoms. The molecule has 0 spiro atoms. The van der Waals surface area contributed by atoms with Crippen molar-refractivity contribution >= 4 is 21.6 Å². The quantitative estimate of drug-likeness (QED) is 0.304. The number of ether oxygens (including phenoxy) is 2. The molecule has 1 heterocycles. The first-order valence-electron chi connectivity index (χ1n) is 9.40. The molecule has 3 rings (SSSR count). The summed E-state index contributed by atoms with van der Waals surface area (Å²) in [6.45, 7) is 13.9. The van der Waals surface area contributed by atoms with E-state index in [0.29, 0.717) is 35.3 Å². The molecule has 0 amide bonds. The Kier molecular flexibility index (Phi) is 6.89. The Morgan fingerprint density at radius 3 is 2.72 bits per heavy atom. The van der Waals surface area contributed by atoms with Gasteiger partial charge in [-0.05, 0) is 62.2 Å². The standard InChI is InChI=1S/C22H22BrN3O3/c1-5-15-12-17(27-11-10-23)7-8-18(15)21-25-22(29-26-21)16-6-9-20(28-14(2)3)19(13-16)24-4/h6-9,12-14H,5,10-11H2,1-3H3. The number of hydrogen-bond donors (Lipinski definition) is 0. The normalized spacial score (nSPS) is 10.8. The van der Waals surface area contributed by atoms with Gasteiger partial charge in [0.1, 0.15) is 11.5 Å². The number of rotatable bonds is 8. The predicted molar refractivity (Wildman–Crippen MR) is 116 cm³/mol. The lowest BCUT2D eigenvalue weighted by Gasteiger charge is -2.11. The second kappa shape index (κ2) is 9.57. The first-order valence-corrected chi connectivity index (χ1v) is 10.5. The van der Waals surface area contributed by atoms with Crippen LogP contribution in [0.25, 0.3) is 27.7 Å². The fourth-order valence-electron chi connectivity index (χ4n) is 2.87. The molecule has 0 saturated heterocycles. The van der Waals surface area contributed by atoms with Crippen molar-refractivity contribution in [3.8, 4) is 34.3 Å². The summed E-state index contributed by atoms with van der Waals surface area (Å²) in [5.74, 6) is 2.24. The van der Waals surface area contributed by atoms with Crippen LogP contribution >= 0.6 is 15.9 Å². The molecular weight excluding hydrogens is 434 g/mol. The summed E-state index contributed by atoms with van der Waals surface area (Å²) in [7, 11) is 0. The van der Waals surface area contributed by atoms with Crippen molar-refractivity contribution < 1.29 is 14.0 Å².